The summed E-state index contributed by atoms with van der Waals surface area (Å²) in [5.74, 6) is -0.464. The van der Waals surface area contributed by atoms with E-state index >= 15 is 0 Å². The Labute approximate surface area is 131 Å². The van der Waals surface area contributed by atoms with Crippen LogP contribution >= 0.6 is 0 Å². The van der Waals surface area contributed by atoms with Gasteiger partial charge in [-0.25, -0.2) is 17.5 Å². The average molecular weight is 321 g/mol. The number of hydrogen-bond acceptors (Lipinski definition) is 2. The highest BCUT2D eigenvalue weighted by Crippen LogP contribution is 2.34. The van der Waals surface area contributed by atoms with E-state index in [1.54, 1.807) is 0 Å². The van der Waals surface area contributed by atoms with Gasteiger partial charge < -0.3 is 0 Å². The van der Waals surface area contributed by atoms with Gasteiger partial charge in [0.15, 0.2) is 0 Å². The molecule has 0 unspecified atom stereocenters. The van der Waals surface area contributed by atoms with Crippen molar-refractivity contribution < 1.29 is 12.8 Å². The minimum atomic E-state index is -3.72. The molecule has 0 saturated carbocycles. The van der Waals surface area contributed by atoms with E-state index in [9.17, 15) is 12.8 Å². The van der Waals surface area contributed by atoms with E-state index in [0.29, 0.717) is 0 Å². The zero-order chi connectivity index (χ0) is 16.4. The molecule has 1 atom stereocenters. The summed E-state index contributed by atoms with van der Waals surface area (Å²) >= 11 is 0. The van der Waals surface area contributed by atoms with Gasteiger partial charge in [-0.05, 0) is 35.2 Å². The second-order valence-corrected chi connectivity index (χ2v) is 8.00. The summed E-state index contributed by atoms with van der Waals surface area (Å²) in [6.07, 6.45) is 0. The molecule has 0 bridgehead atoms. The molecule has 2 aromatic rings. The van der Waals surface area contributed by atoms with Gasteiger partial charge >= 0.3 is 0 Å². The van der Waals surface area contributed by atoms with Gasteiger partial charge in [-0.1, -0.05) is 51.1 Å². The van der Waals surface area contributed by atoms with Crippen molar-refractivity contribution in [2.45, 2.75) is 31.7 Å². The standard InChI is InChI=1S/C17H20FNO2S/c1-17(2,3)16(13-7-5-4-6-8-13)19-22(20,21)15-11-9-14(18)10-12-15/h4-12,16,19H,1-3H3/t16-/m0/s1. The van der Waals surface area contributed by atoms with Crippen LogP contribution in [0.25, 0.3) is 0 Å². The van der Waals surface area contributed by atoms with Gasteiger partial charge in [0.1, 0.15) is 5.82 Å². The van der Waals surface area contributed by atoms with E-state index in [1.165, 1.54) is 12.1 Å². The molecule has 0 spiro atoms. The maximum absolute atomic E-state index is 13.0. The maximum Gasteiger partial charge on any atom is 0.241 e. The molecule has 0 aliphatic rings. The fourth-order valence-electron chi connectivity index (χ4n) is 2.23. The van der Waals surface area contributed by atoms with Crippen molar-refractivity contribution in [3.05, 3.63) is 66.0 Å². The third-order valence-electron chi connectivity index (χ3n) is 3.40. The van der Waals surface area contributed by atoms with Crippen LogP contribution in [0.5, 0.6) is 0 Å². The number of halogens is 1. The van der Waals surface area contributed by atoms with Crippen LogP contribution in [0.1, 0.15) is 32.4 Å². The van der Waals surface area contributed by atoms with Crippen LogP contribution in [0.15, 0.2) is 59.5 Å². The second kappa shape index (κ2) is 6.18. The van der Waals surface area contributed by atoms with E-state index in [2.05, 4.69) is 4.72 Å². The summed E-state index contributed by atoms with van der Waals surface area (Å²) in [5.41, 5.74) is 0.578. The third-order valence-corrected chi connectivity index (χ3v) is 4.83. The number of benzene rings is 2. The summed E-state index contributed by atoms with van der Waals surface area (Å²) in [6.45, 7) is 5.91. The van der Waals surface area contributed by atoms with Crippen molar-refractivity contribution in [2.24, 2.45) is 5.41 Å². The fraction of sp³-hybridized carbons (Fsp3) is 0.294. The smallest absolute Gasteiger partial charge is 0.207 e. The molecule has 3 nitrogen and oxygen atoms in total. The molecule has 2 aromatic carbocycles. The Hall–Kier alpha value is -1.72. The normalized spacial score (nSPS) is 13.8. The van der Waals surface area contributed by atoms with Crippen molar-refractivity contribution in [1.29, 1.82) is 0 Å². The first-order chi connectivity index (χ1) is 10.2. The minimum absolute atomic E-state index is 0.0547. The molecule has 5 heteroatoms. The summed E-state index contributed by atoms with van der Waals surface area (Å²) in [7, 11) is -3.72. The maximum atomic E-state index is 13.0. The van der Waals surface area contributed by atoms with E-state index in [-0.39, 0.29) is 16.4 Å². The molecule has 118 valence electrons. The van der Waals surface area contributed by atoms with E-state index < -0.39 is 15.8 Å². The van der Waals surface area contributed by atoms with Crippen molar-refractivity contribution in [1.82, 2.24) is 4.72 Å². The van der Waals surface area contributed by atoms with Crippen molar-refractivity contribution in [2.75, 3.05) is 0 Å². The molecule has 0 aliphatic heterocycles. The molecular formula is C17H20FNO2S. The molecular weight excluding hydrogens is 301 g/mol. The lowest BCUT2D eigenvalue weighted by Crippen LogP contribution is -2.36. The Kier molecular flexibility index (Phi) is 4.68. The molecule has 0 saturated heterocycles. The predicted molar refractivity (Wildman–Crippen MR) is 85.4 cm³/mol. The van der Waals surface area contributed by atoms with Crippen LogP contribution in [0.4, 0.5) is 4.39 Å². The zero-order valence-corrected chi connectivity index (χ0v) is 13.7. The van der Waals surface area contributed by atoms with Crippen LogP contribution < -0.4 is 4.72 Å². The summed E-state index contributed by atoms with van der Waals surface area (Å²) in [4.78, 5) is 0.0547. The number of hydrogen-bond donors (Lipinski definition) is 1. The largest absolute Gasteiger partial charge is 0.241 e. The van der Waals surface area contributed by atoms with E-state index in [4.69, 9.17) is 0 Å². The topological polar surface area (TPSA) is 46.2 Å². The van der Waals surface area contributed by atoms with Crippen molar-refractivity contribution in [3.8, 4) is 0 Å². The molecule has 2 rings (SSSR count). The Morgan fingerprint density at radius 3 is 2.00 bits per heavy atom. The zero-order valence-electron chi connectivity index (χ0n) is 12.9. The monoisotopic (exact) mass is 321 g/mol. The molecule has 0 aromatic heterocycles. The molecule has 0 fully saturated rings. The quantitative estimate of drug-likeness (QED) is 0.928. The average Bonchev–Trinajstić information content (AvgIpc) is 2.45. The van der Waals surface area contributed by atoms with Gasteiger partial charge in [0.25, 0.3) is 0 Å². The van der Waals surface area contributed by atoms with Crippen LogP contribution in [0.2, 0.25) is 0 Å². The minimum Gasteiger partial charge on any atom is -0.207 e. The van der Waals surface area contributed by atoms with E-state index in [0.717, 1.165) is 17.7 Å². The molecule has 0 radical (unpaired) electrons. The Morgan fingerprint density at radius 2 is 1.50 bits per heavy atom. The van der Waals surface area contributed by atoms with Crippen LogP contribution in [-0.4, -0.2) is 8.42 Å². The first-order valence-corrected chi connectivity index (χ1v) is 8.51. The van der Waals surface area contributed by atoms with Gasteiger partial charge in [0.05, 0.1) is 10.9 Å². The molecule has 22 heavy (non-hydrogen) atoms. The van der Waals surface area contributed by atoms with Gasteiger partial charge in [-0.3, -0.25) is 0 Å². The highest BCUT2D eigenvalue weighted by Gasteiger charge is 2.30. The Balaban J connectivity index is 2.37. The highest BCUT2D eigenvalue weighted by molar-refractivity contribution is 7.89. The lowest BCUT2D eigenvalue weighted by atomic mass is 9.83. The van der Waals surface area contributed by atoms with Crippen molar-refractivity contribution >= 4 is 10.0 Å². The molecule has 0 aliphatic carbocycles. The van der Waals surface area contributed by atoms with Gasteiger partial charge in [0, 0.05) is 0 Å². The first kappa shape index (κ1) is 16.6. The van der Waals surface area contributed by atoms with Gasteiger partial charge in [-0.2, -0.15) is 0 Å². The van der Waals surface area contributed by atoms with Gasteiger partial charge in [-0.15, -0.1) is 0 Å². The highest BCUT2D eigenvalue weighted by atomic mass is 32.2. The van der Waals surface area contributed by atoms with Crippen LogP contribution in [-0.2, 0) is 10.0 Å². The summed E-state index contributed by atoms with van der Waals surface area (Å²) in [5, 5.41) is 0. The third kappa shape index (κ3) is 3.93. The SMILES string of the molecule is CC(C)(C)[C@@H](NS(=O)(=O)c1ccc(F)cc1)c1ccccc1. The molecule has 1 N–H and O–H groups in total. The molecule has 0 heterocycles. The van der Waals surface area contributed by atoms with E-state index in [1.807, 2.05) is 51.1 Å². The first-order valence-electron chi connectivity index (χ1n) is 7.03. The Morgan fingerprint density at radius 1 is 0.955 bits per heavy atom. The van der Waals surface area contributed by atoms with Crippen molar-refractivity contribution in [3.63, 3.8) is 0 Å². The lowest BCUT2D eigenvalue weighted by molar-refractivity contribution is 0.304. The fourth-order valence-corrected chi connectivity index (χ4v) is 3.66. The number of sulfonamides is 1. The van der Waals surface area contributed by atoms with Crippen LogP contribution in [0.3, 0.4) is 0 Å². The molecule has 0 amide bonds. The Bertz CT molecular complexity index is 720. The van der Waals surface area contributed by atoms with Crippen LogP contribution in [0, 0.1) is 11.2 Å². The summed E-state index contributed by atoms with van der Waals surface area (Å²) < 4.78 is 40.8. The lowest BCUT2D eigenvalue weighted by Gasteiger charge is -2.31. The summed E-state index contributed by atoms with van der Waals surface area (Å²) in [6, 6.07) is 13.9. The second-order valence-electron chi connectivity index (χ2n) is 6.28. The van der Waals surface area contributed by atoms with Gasteiger partial charge in [0.2, 0.25) is 10.0 Å². The number of nitrogens with one attached hydrogen (secondary N) is 1. The number of rotatable bonds is 4. The predicted octanol–water partition coefficient (Wildman–Crippen LogP) is 3.89.